The molecule has 4 heteroatoms. The summed E-state index contributed by atoms with van der Waals surface area (Å²) in [5.41, 5.74) is -0.307. The fraction of sp³-hybridized carbons (Fsp3) is 0.933. The monoisotopic (exact) mass is 267 g/mol. The van der Waals surface area contributed by atoms with Crippen molar-refractivity contribution < 1.29 is 4.74 Å². The number of rotatable bonds is 8. The van der Waals surface area contributed by atoms with Gasteiger partial charge in [-0.15, -0.1) is 0 Å². The lowest BCUT2D eigenvalue weighted by Crippen LogP contribution is -2.52. The minimum Gasteiger partial charge on any atom is -0.380 e. The van der Waals surface area contributed by atoms with Crippen molar-refractivity contribution in [1.29, 1.82) is 5.26 Å². The largest absolute Gasteiger partial charge is 0.380 e. The van der Waals surface area contributed by atoms with Crippen LogP contribution in [0.3, 0.4) is 0 Å². The number of ether oxygens (including phenoxy) is 1. The summed E-state index contributed by atoms with van der Waals surface area (Å²) in [6.45, 7) is 7.61. The first kappa shape index (κ1) is 16.4. The van der Waals surface area contributed by atoms with E-state index >= 15 is 0 Å². The maximum absolute atomic E-state index is 9.53. The van der Waals surface area contributed by atoms with E-state index in [9.17, 15) is 5.26 Å². The quantitative estimate of drug-likeness (QED) is 0.685. The molecule has 4 nitrogen and oxygen atoms in total. The van der Waals surface area contributed by atoms with Crippen LogP contribution in [-0.4, -0.2) is 49.8 Å². The lowest BCUT2D eigenvalue weighted by atomic mass is 9.79. The van der Waals surface area contributed by atoms with Gasteiger partial charge >= 0.3 is 0 Å². The molecular formula is C15H29N3O. The molecule has 0 aromatic carbocycles. The maximum Gasteiger partial charge on any atom is 0.108 e. The SMILES string of the molecule is CCCNC1(C#N)CCCC(N(C)CCOCC)C1. The summed E-state index contributed by atoms with van der Waals surface area (Å²) in [6, 6.07) is 3.03. The molecule has 0 aliphatic heterocycles. The van der Waals surface area contributed by atoms with Crippen molar-refractivity contribution >= 4 is 0 Å². The molecule has 1 fully saturated rings. The Kier molecular flexibility index (Phi) is 7.37. The highest BCUT2D eigenvalue weighted by Crippen LogP contribution is 2.30. The van der Waals surface area contributed by atoms with Crippen LogP contribution in [-0.2, 0) is 4.74 Å². The zero-order valence-electron chi connectivity index (χ0n) is 12.7. The molecule has 0 radical (unpaired) electrons. The van der Waals surface area contributed by atoms with Crippen LogP contribution in [0.25, 0.3) is 0 Å². The Morgan fingerprint density at radius 1 is 1.47 bits per heavy atom. The van der Waals surface area contributed by atoms with Crippen molar-refractivity contribution in [2.45, 2.75) is 57.5 Å². The van der Waals surface area contributed by atoms with E-state index < -0.39 is 0 Å². The van der Waals surface area contributed by atoms with Crippen LogP contribution >= 0.6 is 0 Å². The summed E-state index contributed by atoms with van der Waals surface area (Å²) in [6.07, 6.45) is 5.33. The van der Waals surface area contributed by atoms with E-state index in [2.05, 4.69) is 30.3 Å². The summed E-state index contributed by atoms with van der Waals surface area (Å²) >= 11 is 0. The van der Waals surface area contributed by atoms with Gasteiger partial charge in [-0.2, -0.15) is 5.26 Å². The van der Waals surface area contributed by atoms with Crippen LogP contribution in [0.15, 0.2) is 0 Å². The van der Waals surface area contributed by atoms with Crippen molar-refractivity contribution in [2.24, 2.45) is 0 Å². The van der Waals surface area contributed by atoms with Gasteiger partial charge in [0, 0.05) is 19.2 Å². The average molecular weight is 267 g/mol. The third-order valence-electron chi connectivity index (χ3n) is 4.07. The van der Waals surface area contributed by atoms with Crippen LogP contribution in [0.5, 0.6) is 0 Å². The van der Waals surface area contributed by atoms with Crippen LogP contribution in [0.2, 0.25) is 0 Å². The number of likely N-dealkylation sites (N-methyl/N-ethyl adjacent to an activating group) is 1. The first-order chi connectivity index (χ1) is 9.17. The zero-order chi connectivity index (χ0) is 14.1. The Labute approximate surface area is 118 Å². The van der Waals surface area contributed by atoms with Gasteiger partial charge in [-0.05, 0) is 52.6 Å². The number of hydrogen-bond acceptors (Lipinski definition) is 4. The van der Waals surface area contributed by atoms with E-state index in [-0.39, 0.29) is 5.54 Å². The highest BCUT2D eigenvalue weighted by Gasteiger charge is 2.37. The number of nitrogens with one attached hydrogen (secondary N) is 1. The second-order valence-electron chi connectivity index (χ2n) is 5.55. The smallest absolute Gasteiger partial charge is 0.108 e. The van der Waals surface area contributed by atoms with Crippen molar-refractivity contribution in [3.63, 3.8) is 0 Å². The molecule has 19 heavy (non-hydrogen) atoms. The van der Waals surface area contributed by atoms with Crippen LogP contribution in [0.4, 0.5) is 0 Å². The molecular weight excluding hydrogens is 238 g/mol. The third kappa shape index (κ3) is 5.10. The Morgan fingerprint density at radius 2 is 2.26 bits per heavy atom. The van der Waals surface area contributed by atoms with Crippen LogP contribution < -0.4 is 5.32 Å². The molecule has 0 spiro atoms. The summed E-state index contributed by atoms with van der Waals surface area (Å²) in [4.78, 5) is 2.36. The minimum absolute atomic E-state index is 0.307. The molecule has 1 N–H and O–H groups in total. The summed E-state index contributed by atoms with van der Waals surface area (Å²) in [5.74, 6) is 0. The molecule has 0 amide bonds. The number of nitrogens with zero attached hydrogens (tertiary/aromatic N) is 2. The van der Waals surface area contributed by atoms with Crippen LogP contribution in [0, 0.1) is 11.3 Å². The third-order valence-corrected chi connectivity index (χ3v) is 4.07. The molecule has 1 rings (SSSR count). The van der Waals surface area contributed by atoms with E-state index in [4.69, 9.17) is 4.74 Å². The van der Waals surface area contributed by atoms with E-state index in [1.165, 1.54) is 6.42 Å². The van der Waals surface area contributed by atoms with Gasteiger partial charge in [-0.25, -0.2) is 0 Å². The topological polar surface area (TPSA) is 48.3 Å². The van der Waals surface area contributed by atoms with Gasteiger partial charge in [0.15, 0.2) is 0 Å². The molecule has 2 atom stereocenters. The highest BCUT2D eigenvalue weighted by molar-refractivity contribution is 5.11. The van der Waals surface area contributed by atoms with Crippen molar-refractivity contribution in [3.8, 4) is 6.07 Å². The zero-order valence-corrected chi connectivity index (χ0v) is 12.7. The summed E-state index contributed by atoms with van der Waals surface area (Å²) in [7, 11) is 2.15. The molecule has 1 aliphatic carbocycles. The lowest BCUT2D eigenvalue weighted by Gasteiger charge is -2.40. The Bertz CT molecular complexity index is 290. The first-order valence-corrected chi connectivity index (χ1v) is 7.61. The minimum atomic E-state index is -0.307. The Hall–Kier alpha value is -0.630. The molecule has 1 saturated carbocycles. The molecule has 0 aromatic heterocycles. The predicted octanol–water partition coefficient (Wildman–Crippen LogP) is 2.16. The van der Waals surface area contributed by atoms with E-state index in [0.29, 0.717) is 6.04 Å². The van der Waals surface area contributed by atoms with E-state index in [1.807, 2.05) is 6.92 Å². The van der Waals surface area contributed by atoms with E-state index in [1.54, 1.807) is 0 Å². The fourth-order valence-corrected chi connectivity index (χ4v) is 2.82. The predicted molar refractivity (Wildman–Crippen MR) is 78.0 cm³/mol. The fourth-order valence-electron chi connectivity index (χ4n) is 2.82. The highest BCUT2D eigenvalue weighted by atomic mass is 16.5. The summed E-state index contributed by atoms with van der Waals surface area (Å²) in [5, 5.41) is 13.0. The van der Waals surface area contributed by atoms with Gasteiger partial charge in [0.1, 0.15) is 5.54 Å². The van der Waals surface area contributed by atoms with Gasteiger partial charge in [-0.3, -0.25) is 5.32 Å². The molecule has 0 saturated heterocycles. The first-order valence-electron chi connectivity index (χ1n) is 7.61. The van der Waals surface area contributed by atoms with Gasteiger partial charge in [0.2, 0.25) is 0 Å². The molecule has 1 aliphatic rings. The standard InChI is InChI=1S/C15H29N3O/c1-4-9-17-15(13-16)8-6-7-14(12-15)18(3)10-11-19-5-2/h14,17H,4-12H2,1-3H3. The lowest BCUT2D eigenvalue weighted by molar-refractivity contribution is 0.0854. The average Bonchev–Trinajstić information content (AvgIpc) is 2.45. The van der Waals surface area contributed by atoms with Gasteiger partial charge in [-0.1, -0.05) is 6.92 Å². The summed E-state index contributed by atoms with van der Waals surface area (Å²) < 4.78 is 5.42. The van der Waals surface area contributed by atoms with Gasteiger partial charge < -0.3 is 9.64 Å². The van der Waals surface area contributed by atoms with E-state index in [0.717, 1.165) is 52.0 Å². The van der Waals surface area contributed by atoms with Gasteiger partial charge in [0.05, 0.1) is 12.7 Å². The molecule has 110 valence electrons. The Morgan fingerprint density at radius 3 is 2.89 bits per heavy atom. The van der Waals surface area contributed by atoms with Crippen molar-refractivity contribution in [3.05, 3.63) is 0 Å². The Balaban J connectivity index is 2.49. The molecule has 0 aromatic rings. The number of hydrogen-bond donors (Lipinski definition) is 1. The molecule has 0 bridgehead atoms. The maximum atomic E-state index is 9.53. The molecule has 2 unspecified atom stereocenters. The second-order valence-corrected chi connectivity index (χ2v) is 5.55. The second kappa shape index (κ2) is 8.52. The number of nitriles is 1. The normalized spacial score (nSPS) is 27.4. The van der Waals surface area contributed by atoms with Crippen molar-refractivity contribution in [2.75, 3.05) is 33.4 Å². The molecule has 0 heterocycles. The van der Waals surface area contributed by atoms with Gasteiger partial charge in [0.25, 0.3) is 0 Å². The van der Waals surface area contributed by atoms with Crippen LogP contribution in [0.1, 0.15) is 46.0 Å². The van der Waals surface area contributed by atoms with Crippen molar-refractivity contribution in [1.82, 2.24) is 10.2 Å².